The molecule has 0 aliphatic heterocycles. The van der Waals surface area contributed by atoms with Crippen LogP contribution in [0.3, 0.4) is 0 Å². The van der Waals surface area contributed by atoms with Crippen molar-refractivity contribution < 1.29 is 8.42 Å². The smallest absolute Gasteiger partial charge is 0.154 e. The monoisotopic (exact) mass is 240 g/mol. The number of alkyl halides is 1. The van der Waals surface area contributed by atoms with Crippen molar-refractivity contribution in [2.45, 2.75) is 12.2 Å². The lowest BCUT2D eigenvalue weighted by atomic mass is 10.5. The minimum atomic E-state index is -3.00. The van der Waals surface area contributed by atoms with E-state index in [0.717, 1.165) is 5.01 Å². The number of hydrogen-bond donors (Lipinski definition) is 0. The van der Waals surface area contributed by atoms with E-state index in [1.54, 1.807) is 0 Å². The number of halogens is 1. The number of aryl methyl sites for hydroxylation is 1. The molecule has 1 heterocycles. The molecule has 0 aromatic carbocycles. The third-order valence-electron chi connectivity index (χ3n) is 1.20. The van der Waals surface area contributed by atoms with Crippen molar-refractivity contribution in [3.05, 3.63) is 10.0 Å². The summed E-state index contributed by atoms with van der Waals surface area (Å²) in [6, 6.07) is 0. The maximum atomic E-state index is 10.9. The van der Waals surface area contributed by atoms with E-state index in [0.29, 0.717) is 17.3 Å². The van der Waals surface area contributed by atoms with Crippen LogP contribution in [-0.4, -0.2) is 30.8 Å². The maximum absolute atomic E-state index is 10.9. The van der Waals surface area contributed by atoms with Gasteiger partial charge < -0.3 is 0 Å². The van der Waals surface area contributed by atoms with E-state index in [4.69, 9.17) is 11.6 Å². The summed E-state index contributed by atoms with van der Waals surface area (Å²) < 4.78 is 21.8. The van der Waals surface area contributed by atoms with Crippen LogP contribution in [0.2, 0.25) is 0 Å². The summed E-state index contributed by atoms with van der Waals surface area (Å²) in [6.45, 7) is 0. The second-order valence-corrected chi connectivity index (χ2v) is 6.26. The predicted octanol–water partition coefficient (Wildman–Crippen LogP) is 0.864. The summed E-state index contributed by atoms with van der Waals surface area (Å²) in [6.07, 6.45) is 1.82. The molecule has 0 amide bonds. The van der Waals surface area contributed by atoms with E-state index < -0.39 is 9.84 Å². The van der Waals surface area contributed by atoms with Crippen molar-refractivity contribution in [1.82, 2.24) is 10.2 Å². The van der Waals surface area contributed by atoms with Gasteiger partial charge in [0.05, 0.1) is 0 Å². The van der Waals surface area contributed by atoms with Crippen molar-refractivity contribution in [3.8, 4) is 0 Å². The van der Waals surface area contributed by atoms with Crippen molar-refractivity contribution in [2.24, 2.45) is 0 Å². The Labute approximate surface area is 85.9 Å². The van der Waals surface area contributed by atoms with Gasteiger partial charge in [-0.3, -0.25) is 0 Å². The molecule has 4 nitrogen and oxygen atoms in total. The molecular weight excluding hydrogens is 232 g/mol. The molecule has 1 rings (SSSR count). The lowest BCUT2D eigenvalue weighted by Gasteiger charge is -1.89. The van der Waals surface area contributed by atoms with Gasteiger partial charge in [-0.15, -0.1) is 33.1 Å². The highest BCUT2D eigenvalue weighted by Gasteiger charge is 2.09. The van der Waals surface area contributed by atoms with Crippen LogP contribution in [0.25, 0.3) is 0 Å². The lowest BCUT2D eigenvalue weighted by Crippen LogP contribution is -1.99. The van der Waals surface area contributed by atoms with Crippen molar-refractivity contribution >= 4 is 32.8 Å². The Balaban J connectivity index is 2.69. The lowest BCUT2D eigenvalue weighted by molar-refractivity contribution is 0.600. The molecule has 0 spiro atoms. The summed E-state index contributed by atoms with van der Waals surface area (Å²) in [5.74, 6) is 0.445. The van der Waals surface area contributed by atoms with Crippen LogP contribution in [0.15, 0.2) is 0 Å². The molecule has 0 unspecified atom stereocenters. The Hall–Kier alpha value is -0.200. The first-order valence-electron chi connectivity index (χ1n) is 3.56. The van der Waals surface area contributed by atoms with Gasteiger partial charge in [0.2, 0.25) is 0 Å². The highest BCUT2D eigenvalue weighted by molar-refractivity contribution is 7.90. The number of sulfone groups is 1. The van der Waals surface area contributed by atoms with Crippen LogP contribution in [0, 0.1) is 0 Å². The number of nitrogens with zero attached hydrogens (tertiary/aromatic N) is 2. The number of hydrogen-bond acceptors (Lipinski definition) is 5. The molecular formula is C6H9ClN2O2S2. The van der Waals surface area contributed by atoms with Gasteiger partial charge in [-0.05, 0) is 0 Å². The summed E-state index contributed by atoms with van der Waals surface area (Å²) >= 11 is 6.80. The van der Waals surface area contributed by atoms with Gasteiger partial charge in [-0.25, -0.2) is 8.42 Å². The normalized spacial score (nSPS) is 11.8. The average molecular weight is 241 g/mol. The van der Waals surface area contributed by atoms with Crippen LogP contribution in [0.5, 0.6) is 0 Å². The highest BCUT2D eigenvalue weighted by atomic mass is 35.5. The summed E-state index contributed by atoms with van der Waals surface area (Å²) in [5, 5.41) is 8.88. The largest absolute Gasteiger partial charge is 0.229 e. The van der Waals surface area contributed by atoms with Gasteiger partial charge in [-0.2, -0.15) is 0 Å². The summed E-state index contributed by atoms with van der Waals surface area (Å²) in [5.41, 5.74) is 0. The zero-order chi connectivity index (χ0) is 9.90. The molecule has 0 radical (unpaired) electrons. The number of aromatic nitrogens is 2. The molecule has 0 saturated heterocycles. The topological polar surface area (TPSA) is 59.9 Å². The molecule has 13 heavy (non-hydrogen) atoms. The standard InChI is InChI=1S/C6H9ClN2O2S2/c1-13(10,11)4-6-9-8-5(12-6)2-3-7/h2-4H2,1H3. The van der Waals surface area contributed by atoms with E-state index in [1.807, 2.05) is 0 Å². The average Bonchev–Trinajstić information content (AvgIpc) is 2.33. The maximum Gasteiger partial charge on any atom is 0.154 e. The molecule has 0 N–H and O–H groups in total. The first-order chi connectivity index (χ1) is 6.01. The second kappa shape index (κ2) is 4.34. The Morgan fingerprint density at radius 3 is 2.54 bits per heavy atom. The molecule has 7 heteroatoms. The van der Waals surface area contributed by atoms with E-state index in [-0.39, 0.29) is 5.75 Å². The predicted molar refractivity (Wildman–Crippen MR) is 52.9 cm³/mol. The third-order valence-corrected chi connectivity index (χ3v) is 3.36. The zero-order valence-electron chi connectivity index (χ0n) is 7.03. The van der Waals surface area contributed by atoms with Gasteiger partial charge in [-0.1, -0.05) is 0 Å². The Morgan fingerprint density at radius 1 is 1.38 bits per heavy atom. The molecule has 74 valence electrons. The molecule has 1 aromatic heterocycles. The fourth-order valence-corrected chi connectivity index (χ4v) is 3.07. The molecule has 0 atom stereocenters. The Bertz CT molecular complexity index is 374. The van der Waals surface area contributed by atoms with Gasteiger partial charge >= 0.3 is 0 Å². The van der Waals surface area contributed by atoms with Crippen LogP contribution in [0.1, 0.15) is 10.0 Å². The van der Waals surface area contributed by atoms with Crippen LogP contribution >= 0.6 is 22.9 Å². The van der Waals surface area contributed by atoms with Gasteiger partial charge in [0, 0.05) is 18.6 Å². The van der Waals surface area contributed by atoms with Gasteiger partial charge in [0.1, 0.15) is 15.8 Å². The first-order valence-corrected chi connectivity index (χ1v) is 6.97. The first kappa shape index (κ1) is 10.9. The summed E-state index contributed by atoms with van der Waals surface area (Å²) in [7, 11) is -3.00. The van der Waals surface area contributed by atoms with Crippen LogP contribution in [0.4, 0.5) is 0 Å². The number of rotatable bonds is 4. The van der Waals surface area contributed by atoms with E-state index >= 15 is 0 Å². The minimum absolute atomic E-state index is 0.0348. The van der Waals surface area contributed by atoms with Gasteiger partial charge in [0.15, 0.2) is 9.84 Å². The van der Waals surface area contributed by atoms with Gasteiger partial charge in [0.25, 0.3) is 0 Å². The molecule has 0 aliphatic carbocycles. The molecule has 1 aromatic rings. The summed E-state index contributed by atoms with van der Waals surface area (Å²) in [4.78, 5) is 0. The van der Waals surface area contributed by atoms with E-state index in [2.05, 4.69) is 10.2 Å². The highest BCUT2D eigenvalue weighted by Crippen LogP contribution is 2.13. The van der Waals surface area contributed by atoms with Crippen molar-refractivity contribution in [1.29, 1.82) is 0 Å². The minimum Gasteiger partial charge on any atom is -0.229 e. The fraction of sp³-hybridized carbons (Fsp3) is 0.667. The second-order valence-electron chi connectivity index (χ2n) is 2.60. The van der Waals surface area contributed by atoms with Crippen molar-refractivity contribution in [2.75, 3.05) is 12.1 Å². The van der Waals surface area contributed by atoms with Crippen molar-refractivity contribution in [3.63, 3.8) is 0 Å². The zero-order valence-corrected chi connectivity index (χ0v) is 9.42. The molecule has 0 aliphatic rings. The fourth-order valence-electron chi connectivity index (χ4n) is 0.753. The molecule has 0 saturated carbocycles. The molecule has 0 bridgehead atoms. The third kappa shape index (κ3) is 4.02. The quantitative estimate of drug-likeness (QED) is 0.733. The SMILES string of the molecule is CS(=O)(=O)Cc1nnc(CCCl)s1. The Morgan fingerprint density at radius 2 is 2.00 bits per heavy atom. The van der Waals surface area contributed by atoms with Crippen LogP contribution in [-0.2, 0) is 22.0 Å². The van der Waals surface area contributed by atoms with E-state index in [9.17, 15) is 8.42 Å². The Kier molecular flexibility index (Phi) is 3.63. The van der Waals surface area contributed by atoms with Crippen LogP contribution < -0.4 is 0 Å². The molecule has 0 fully saturated rings. The van der Waals surface area contributed by atoms with E-state index in [1.165, 1.54) is 17.6 Å².